The van der Waals surface area contributed by atoms with Crippen LogP contribution in [0.4, 0.5) is 0 Å². The number of nitrogens with two attached hydrogens (primary N) is 1. The Morgan fingerprint density at radius 3 is 2.28 bits per heavy atom. The quantitative estimate of drug-likeness (QED) is 0.433. The van der Waals surface area contributed by atoms with E-state index in [9.17, 15) is 0 Å². The summed E-state index contributed by atoms with van der Waals surface area (Å²) in [7, 11) is 2.26. The zero-order chi connectivity index (χ0) is 13.6. The van der Waals surface area contributed by atoms with Gasteiger partial charge in [-0.25, -0.2) is 0 Å². The molecule has 1 saturated carbocycles. The number of hydrogen-bond donors (Lipinski definition) is 2. The first kappa shape index (κ1) is 15.5. The lowest BCUT2D eigenvalue weighted by Crippen LogP contribution is -2.34. The van der Waals surface area contributed by atoms with E-state index in [1.807, 2.05) is 0 Å². The van der Waals surface area contributed by atoms with Crippen molar-refractivity contribution in [2.75, 3.05) is 13.6 Å². The summed E-state index contributed by atoms with van der Waals surface area (Å²) in [4.78, 5) is 2.53. The van der Waals surface area contributed by atoms with Crippen LogP contribution in [0, 0.1) is 10.8 Å². The molecule has 0 amide bonds. The maximum Gasteiger partial charge on any atom is 0.0963 e. The molecule has 0 radical (unpaired) electrons. The summed E-state index contributed by atoms with van der Waals surface area (Å²) in [6, 6.07) is 0.785. The maximum absolute atomic E-state index is 7.57. The van der Waals surface area contributed by atoms with E-state index in [0.29, 0.717) is 5.84 Å². The second kappa shape index (κ2) is 7.13. The molecule has 3 heteroatoms. The Morgan fingerprint density at radius 2 is 1.78 bits per heavy atom. The first-order valence-electron chi connectivity index (χ1n) is 7.48. The number of amidine groups is 1. The van der Waals surface area contributed by atoms with Crippen LogP contribution in [0.25, 0.3) is 0 Å². The van der Waals surface area contributed by atoms with E-state index in [2.05, 4.69) is 25.8 Å². The lowest BCUT2D eigenvalue weighted by Gasteiger charge is -2.29. The van der Waals surface area contributed by atoms with Crippen LogP contribution in [-0.2, 0) is 0 Å². The summed E-state index contributed by atoms with van der Waals surface area (Å²) < 4.78 is 0. The summed E-state index contributed by atoms with van der Waals surface area (Å²) >= 11 is 0. The average molecular weight is 253 g/mol. The van der Waals surface area contributed by atoms with Gasteiger partial charge in [0.25, 0.3) is 0 Å². The molecule has 18 heavy (non-hydrogen) atoms. The van der Waals surface area contributed by atoms with Gasteiger partial charge in [-0.2, -0.15) is 0 Å². The second-order valence-corrected chi connectivity index (χ2v) is 6.53. The first-order chi connectivity index (χ1) is 8.43. The molecule has 3 N–H and O–H groups in total. The van der Waals surface area contributed by atoms with Gasteiger partial charge in [-0.05, 0) is 39.3 Å². The normalized spacial score (nSPS) is 18.9. The van der Waals surface area contributed by atoms with Crippen molar-refractivity contribution in [3.8, 4) is 0 Å². The van der Waals surface area contributed by atoms with Crippen LogP contribution in [0.1, 0.15) is 65.2 Å². The number of hydrogen-bond acceptors (Lipinski definition) is 2. The molecule has 1 fully saturated rings. The van der Waals surface area contributed by atoms with E-state index >= 15 is 0 Å². The fraction of sp³-hybridized carbons (Fsp3) is 0.933. The predicted molar refractivity (Wildman–Crippen MR) is 79.0 cm³/mol. The predicted octanol–water partition coefficient (Wildman–Crippen LogP) is 3.38. The maximum atomic E-state index is 7.57. The van der Waals surface area contributed by atoms with E-state index in [1.54, 1.807) is 0 Å². The van der Waals surface area contributed by atoms with Crippen LogP contribution in [0.2, 0.25) is 0 Å². The number of nitrogens with zero attached hydrogens (tertiary/aromatic N) is 1. The molecule has 0 aliphatic heterocycles. The summed E-state index contributed by atoms with van der Waals surface area (Å²) in [6.07, 6.45) is 10.5. The first-order valence-corrected chi connectivity index (χ1v) is 7.48. The SMILES string of the molecule is CN(CCCC(C)(C)C(=N)N)C1CCCCCC1. The molecule has 1 rings (SSSR count). The van der Waals surface area contributed by atoms with Gasteiger partial charge in [0.15, 0.2) is 0 Å². The van der Waals surface area contributed by atoms with Crippen molar-refractivity contribution in [2.24, 2.45) is 11.1 Å². The third-order valence-corrected chi connectivity index (χ3v) is 4.49. The molecule has 0 spiro atoms. The average Bonchev–Trinajstić information content (AvgIpc) is 2.56. The Bertz CT molecular complexity index is 252. The van der Waals surface area contributed by atoms with Crippen LogP contribution in [0.3, 0.4) is 0 Å². The zero-order valence-corrected chi connectivity index (χ0v) is 12.5. The van der Waals surface area contributed by atoms with Gasteiger partial charge in [-0.1, -0.05) is 39.5 Å². The molecule has 1 aliphatic rings. The summed E-state index contributed by atoms with van der Waals surface area (Å²) in [6.45, 7) is 5.28. The second-order valence-electron chi connectivity index (χ2n) is 6.53. The molecular weight excluding hydrogens is 222 g/mol. The number of nitrogens with one attached hydrogen (secondary N) is 1. The van der Waals surface area contributed by atoms with Gasteiger partial charge >= 0.3 is 0 Å². The molecule has 0 aromatic carbocycles. The lowest BCUT2D eigenvalue weighted by molar-refractivity contribution is 0.211. The van der Waals surface area contributed by atoms with Crippen molar-refractivity contribution in [3.63, 3.8) is 0 Å². The van der Waals surface area contributed by atoms with Crippen LogP contribution < -0.4 is 5.73 Å². The summed E-state index contributed by atoms with van der Waals surface area (Å²) in [5.41, 5.74) is 5.49. The Hall–Kier alpha value is -0.570. The van der Waals surface area contributed by atoms with Gasteiger partial charge in [0.1, 0.15) is 0 Å². The fourth-order valence-electron chi connectivity index (χ4n) is 2.79. The molecule has 3 nitrogen and oxygen atoms in total. The molecular formula is C15H31N3. The van der Waals surface area contributed by atoms with Gasteiger partial charge in [-0.3, -0.25) is 5.41 Å². The molecule has 1 aliphatic carbocycles. The van der Waals surface area contributed by atoms with E-state index in [1.165, 1.54) is 38.5 Å². The molecule has 0 unspecified atom stereocenters. The molecule has 0 aromatic rings. The van der Waals surface area contributed by atoms with Crippen LogP contribution in [-0.4, -0.2) is 30.4 Å². The minimum absolute atomic E-state index is 0.135. The van der Waals surface area contributed by atoms with Gasteiger partial charge < -0.3 is 10.6 Å². The molecule has 0 saturated heterocycles. The topological polar surface area (TPSA) is 53.1 Å². The van der Waals surface area contributed by atoms with Crippen molar-refractivity contribution in [2.45, 2.75) is 71.3 Å². The van der Waals surface area contributed by atoms with E-state index in [-0.39, 0.29) is 5.41 Å². The largest absolute Gasteiger partial charge is 0.387 e. The standard InChI is InChI=1S/C15H31N3/c1-15(2,14(16)17)11-8-12-18(3)13-9-6-4-5-7-10-13/h13H,4-12H2,1-3H3,(H3,16,17). The third-order valence-electron chi connectivity index (χ3n) is 4.49. The van der Waals surface area contributed by atoms with Crippen LogP contribution in [0.5, 0.6) is 0 Å². The van der Waals surface area contributed by atoms with Crippen molar-refractivity contribution in [1.82, 2.24) is 4.90 Å². The Kier molecular flexibility index (Phi) is 6.13. The third kappa shape index (κ3) is 4.97. The smallest absolute Gasteiger partial charge is 0.0963 e. The Labute approximate surface area is 113 Å². The highest BCUT2D eigenvalue weighted by Crippen LogP contribution is 2.24. The molecule has 0 aromatic heterocycles. The fourth-order valence-corrected chi connectivity index (χ4v) is 2.79. The number of rotatable bonds is 6. The minimum Gasteiger partial charge on any atom is -0.387 e. The Balaban J connectivity index is 2.27. The Morgan fingerprint density at radius 1 is 1.22 bits per heavy atom. The van der Waals surface area contributed by atoms with Gasteiger partial charge in [0.05, 0.1) is 5.84 Å². The van der Waals surface area contributed by atoms with Crippen molar-refractivity contribution >= 4 is 5.84 Å². The van der Waals surface area contributed by atoms with E-state index < -0.39 is 0 Å². The zero-order valence-electron chi connectivity index (χ0n) is 12.5. The van der Waals surface area contributed by atoms with Crippen LogP contribution in [0.15, 0.2) is 0 Å². The highest BCUT2D eigenvalue weighted by Gasteiger charge is 2.22. The van der Waals surface area contributed by atoms with Crippen molar-refractivity contribution in [1.29, 1.82) is 5.41 Å². The van der Waals surface area contributed by atoms with Crippen molar-refractivity contribution in [3.05, 3.63) is 0 Å². The van der Waals surface area contributed by atoms with Crippen LogP contribution >= 0.6 is 0 Å². The molecule has 0 bridgehead atoms. The lowest BCUT2D eigenvalue weighted by atomic mass is 9.86. The monoisotopic (exact) mass is 253 g/mol. The molecule has 0 heterocycles. The van der Waals surface area contributed by atoms with E-state index in [0.717, 1.165) is 25.4 Å². The summed E-state index contributed by atoms with van der Waals surface area (Å²) in [5, 5.41) is 7.57. The molecule has 106 valence electrons. The highest BCUT2D eigenvalue weighted by molar-refractivity contribution is 5.82. The summed E-state index contributed by atoms with van der Waals surface area (Å²) in [5.74, 6) is 0.319. The van der Waals surface area contributed by atoms with Gasteiger partial charge in [-0.15, -0.1) is 0 Å². The van der Waals surface area contributed by atoms with Crippen molar-refractivity contribution < 1.29 is 0 Å². The minimum atomic E-state index is -0.135. The van der Waals surface area contributed by atoms with Gasteiger partial charge in [0, 0.05) is 11.5 Å². The van der Waals surface area contributed by atoms with E-state index in [4.69, 9.17) is 11.1 Å². The van der Waals surface area contributed by atoms with Gasteiger partial charge in [0.2, 0.25) is 0 Å². The highest BCUT2D eigenvalue weighted by atomic mass is 15.1. The molecule has 0 atom stereocenters.